The number of ether oxygens (including phenoxy) is 1. The Balaban J connectivity index is 1.40. The summed E-state index contributed by atoms with van der Waals surface area (Å²) < 4.78 is 6.72. The van der Waals surface area contributed by atoms with Gasteiger partial charge < -0.3 is 10.1 Å². The monoisotopic (exact) mass is 605 g/mol. The van der Waals surface area contributed by atoms with Crippen molar-refractivity contribution in [1.82, 2.24) is 4.57 Å². The molecule has 1 N–H and O–H groups in total. The summed E-state index contributed by atoms with van der Waals surface area (Å²) >= 11 is 8.23. The Bertz CT molecular complexity index is 1720. The van der Waals surface area contributed by atoms with Crippen molar-refractivity contribution >= 4 is 63.8 Å². The first-order chi connectivity index (χ1) is 19.7. The number of hydrogen-bond donors (Lipinski definition) is 1. The lowest BCUT2D eigenvalue weighted by Crippen LogP contribution is -2.33. The van der Waals surface area contributed by atoms with Crippen LogP contribution >= 0.6 is 34.7 Å². The summed E-state index contributed by atoms with van der Waals surface area (Å²) in [7, 11) is 1.57. The van der Waals surface area contributed by atoms with Crippen LogP contribution in [0.4, 0.5) is 11.4 Å². The molecule has 2 aliphatic heterocycles. The molecule has 1 saturated heterocycles. The molecule has 1 aromatic heterocycles. The maximum Gasteiger partial charge on any atom is 0.308 e. The molecule has 0 spiro atoms. The van der Waals surface area contributed by atoms with Gasteiger partial charge in [0.2, 0.25) is 17.7 Å². The molecule has 208 valence electrons. The highest BCUT2D eigenvalue weighted by Crippen LogP contribution is 2.54. The summed E-state index contributed by atoms with van der Waals surface area (Å²) in [6.07, 6.45) is 0. The van der Waals surface area contributed by atoms with Gasteiger partial charge in [-0.05, 0) is 61.0 Å². The molecular formula is C30H24ClN3O5S2. The number of aryl methyl sites for hydroxylation is 1. The van der Waals surface area contributed by atoms with Gasteiger partial charge in [-0.2, -0.15) is 0 Å². The molecule has 2 unspecified atom stereocenters. The highest BCUT2D eigenvalue weighted by Gasteiger charge is 2.56. The second kappa shape index (κ2) is 10.8. The molecule has 0 aliphatic carbocycles. The van der Waals surface area contributed by atoms with Gasteiger partial charge in [-0.15, -0.1) is 0 Å². The predicted molar refractivity (Wildman–Crippen MR) is 160 cm³/mol. The average Bonchev–Trinajstić information content (AvgIpc) is 3.41. The summed E-state index contributed by atoms with van der Waals surface area (Å²) in [6, 6.07) is 21.2. The number of thiazole rings is 1. The Hall–Kier alpha value is -3.86. The molecular weight excluding hydrogens is 582 g/mol. The molecule has 3 aromatic carbocycles. The van der Waals surface area contributed by atoms with E-state index >= 15 is 0 Å². The van der Waals surface area contributed by atoms with Gasteiger partial charge in [0.1, 0.15) is 17.5 Å². The lowest BCUT2D eigenvalue weighted by atomic mass is 9.83. The SMILES string of the molecule is COc1ccc([C@H]2c3sc(=O)n(CC(=O)Nc4ccc(C)cc4)c3SC3C(=O)N(c4ccc(Cl)cc4)C(=O)C32)cc1. The molecule has 3 amide bonds. The van der Waals surface area contributed by atoms with E-state index in [1.54, 1.807) is 55.6 Å². The van der Waals surface area contributed by atoms with Crippen molar-refractivity contribution in [2.45, 2.75) is 29.7 Å². The normalized spacial score (nSPS) is 19.6. The number of hydrogen-bond acceptors (Lipinski definition) is 7. The fourth-order valence-corrected chi connectivity index (χ4v) is 8.15. The van der Waals surface area contributed by atoms with Crippen LogP contribution in [-0.2, 0) is 20.9 Å². The third kappa shape index (κ3) is 4.96. The molecule has 6 rings (SSSR count). The summed E-state index contributed by atoms with van der Waals surface area (Å²) in [5.41, 5.74) is 2.90. The van der Waals surface area contributed by atoms with Gasteiger partial charge in [0.25, 0.3) is 0 Å². The number of benzene rings is 3. The minimum Gasteiger partial charge on any atom is -0.497 e. The number of anilines is 2. The van der Waals surface area contributed by atoms with Gasteiger partial charge in [0.05, 0.1) is 23.7 Å². The number of carbonyl (C=O) groups excluding carboxylic acids is 3. The zero-order chi connectivity index (χ0) is 28.8. The van der Waals surface area contributed by atoms with Crippen LogP contribution in [0.3, 0.4) is 0 Å². The number of fused-ring (bicyclic) bond motifs is 2. The molecule has 1 fully saturated rings. The van der Waals surface area contributed by atoms with Crippen LogP contribution in [0.25, 0.3) is 0 Å². The molecule has 4 aromatic rings. The summed E-state index contributed by atoms with van der Waals surface area (Å²) in [5, 5.41) is 3.08. The topological polar surface area (TPSA) is 97.7 Å². The van der Waals surface area contributed by atoms with Crippen LogP contribution in [0.1, 0.15) is 21.9 Å². The van der Waals surface area contributed by atoms with Crippen LogP contribution in [0.15, 0.2) is 82.6 Å². The molecule has 8 nitrogen and oxygen atoms in total. The third-order valence-corrected chi connectivity index (χ3v) is 10.1. The first-order valence-corrected chi connectivity index (χ1v) is 14.9. The molecule has 0 saturated carbocycles. The van der Waals surface area contributed by atoms with Gasteiger partial charge in [-0.3, -0.25) is 23.7 Å². The van der Waals surface area contributed by atoms with E-state index in [-0.39, 0.29) is 29.1 Å². The number of methoxy groups -OCH3 is 1. The molecule has 41 heavy (non-hydrogen) atoms. The van der Waals surface area contributed by atoms with Crippen LogP contribution < -0.4 is 19.8 Å². The standard InChI is InChI=1S/C30H24ClN3O5S2/c1-16-3-9-19(10-4-16)32-22(35)15-33-29-26(41-30(33)38)23(17-5-13-21(39-2)14-6-17)24-25(40-29)28(37)34(27(24)36)20-11-7-18(31)8-12-20/h3-14,23-25H,15H2,1-2H3,(H,32,35)/t23-,24?,25?/m1/s1. The molecule has 0 bridgehead atoms. The van der Waals surface area contributed by atoms with Crippen LogP contribution in [0.2, 0.25) is 5.02 Å². The lowest BCUT2D eigenvalue weighted by Gasteiger charge is -2.30. The summed E-state index contributed by atoms with van der Waals surface area (Å²) in [6.45, 7) is 1.73. The van der Waals surface area contributed by atoms with E-state index in [4.69, 9.17) is 16.3 Å². The maximum atomic E-state index is 13.9. The minimum atomic E-state index is -0.779. The van der Waals surface area contributed by atoms with Crippen molar-refractivity contribution in [3.8, 4) is 5.75 Å². The second-order valence-corrected chi connectivity index (χ2v) is 12.4. The smallest absolute Gasteiger partial charge is 0.308 e. The van der Waals surface area contributed by atoms with Crippen molar-refractivity contribution in [2.24, 2.45) is 5.92 Å². The maximum absolute atomic E-state index is 13.9. The summed E-state index contributed by atoms with van der Waals surface area (Å²) in [4.78, 5) is 55.6. The highest BCUT2D eigenvalue weighted by molar-refractivity contribution is 8.00. The highest BCUT2D eigenvalue weighted by atomic mass is 35.5. The molecule has 3 heterocycles. The fourth-order valence-electron chi connectivity index (χ4n) is 5.25. The second-order valence-electron chi connectivity index (χ2n) is 9.84. The number of nitrogens with one attached hydrogen (secondary N) is 1. The number of imide groups is 1. The predicted octanol–water partition coefficient (Wildman–Crippen LogP) is 5.31. The Morgan fingerprint density at radius 3 is 2.29 bits per heavy atom. The number of nitrogens with zero attached hydrogens (tertiary/aromatic N) is 2. The van der Waals surface area contributed by atoms with E-state index < -0.39 is 17.1 Å². The van der Waals surface area contributed by atoms with Crippen LogP contribution in [0.5, 0.6) is 5.75 Å². The number of rotatable bonds is 6. The zero-order valence-electron chi connectivity index (χ0n) is 22.0. The summed E-state index contributed by atoms with van der Waals surface area (Å²) in [5.74, 6) is -1.73. The number of halogens is 1. The Labute approximate surface area is 248 Å². The van der Waals surface area contributed by atoms with E-state index in [1.165, 1.54) is 21.2 Å². The molecule has 11 heteroatoms. The fraction of sp³-hybridized carbons (Fsp3) is 0.200. The van der Waals surface area contributed by atoms with Crippen molar-refractivity contribution < 1.29 is 19.1 Å². The van der Waals surface area contributed by atoms with Crippen molar-refractivity contribution in [1.29, 1.82) is 0 Å². The molecule has 0 radical (unpaired) electrons. The Kier molecular flexibility index (Phi) is 7.23. The number of carbonyl (C=O) groups is 3. The molecule has 2 aliphatic rings. The van der Waals surface area contributed by atoms with E-state index in [2.05, 4.69) is 5.32 Å². The number of aromatic nitrogens is 1. The van der Waals surface area contributed by atoms with Gasteiger partial charge in [0.15, 0.2) is 0 Å². The lowest BCUT2D eigenvalue weighted by molar-refractivity contribution is -0.122. The minimum absolute atomic E-state index is 0.221. The van der Waals surface area contributed by atoms with Gasteiger partial charge in [0, 0.05) is 21.5 Å². The van der Waals surface area contributed by atoms with E-state index in [0.29, 0.717) is 32.1 Å². The van der Waals surface area contributed by atoms with E-state index in [9.17, 15) is 19.2 Å². The van der Waals surface area contributed by atoms with Crippen molar-refractivity contribution in [2.75, 3.05) is 17.3 Å². The van der Waals surface area contributed by atoms with E-state index in [1.807, 2.05) is 31.2 Å². The van der Waals surface area contributed by atoms with Gasteiger partial charge in [-0.1, -0.05) is 64.5 Å². The quantitative estimate of drug-likeness (QED) is 0.299. The average molecular weight is 606 g/mol. The Morgan fingerprint density at radius 1 is 0.951 bits per heavy atom. The molecule has 3 atom stereocenters. The van der Waals surface area contributed by atoms with E-state index in [0.717, 1.165) is 22.5 Å². The first kappa shape index (κ1) is 27.3. The van der Waals surface area contributed by atoms with Crippen LogP contribution in [0, 0.1) is 12.8 Å². The first-order valence-electron chi connectivity index (χ1n) is 12.8. The van der Waals surface area contributed by atoms with Crippen LogP contribution in [-0.4, -0.2) is 34.6 Å². The largest absolute Gasteiger partial charge is 0.497 e. The number of amides is 3. The Morgan fingerprint density at radius 2 is 1.63 bits per heavy atom. The van der Waals surface area contributed by atoms with Gasteiger partial charge in [-0.25, -0.2) is 4.90 Å². The number of thioether (sulfide) groups is 1. The van der Waals surface area contributed by atoms with Crippen molar-refractivity contribution in [3.05, 3.63) is 103 Å². The van der Waals surface area contributed by atoms with Gasteiger partial charge >= 0.3 is 4.87 Å². The third-order valence-electron chi connectivity index (χ3n) is 7.25. The zero-order valence-corrected chi connectivity index (χ0v) is 24.4. The van der Waals surface area contributed by atoms with Crippen molar-refractivity contribution in [3.63, 3.8) is 0 Å².